The summed E-state index contributed by atoms with van der Waals surface area (Å²) in [6.45, 7) is 6.37. The summed E-state index contributed by atoms with van der Waals surface area (Å²) in [6.07, 6.45) is 5.17. The quantitative estimate of drug-likeness (QED) is 0.568. The number of thioether (sulfide) groups is 1. The standard InChI is InChI=1S/C14H27N5S/c1-6-7-12-16-13(18-15)11(3)14(17-12)19(4)10(2)8-9-20-5/h10H,6-9,15H2,1-5H3,(H,16,17,18). The van der Waals surface area contributed by atoms with E-state index in [0.29, 0.717) is 6.04 Å². The van der Waals surface area contributed by atoms with E-state index in [1.54, 1.807) is 0 Å². The van der Waals surface area contributed by atoms with Crippen molar-refractivity contribution in [1.29, 1.82) is 0 Å². The summed E-state index contributed by atoms with van der Waals surface area (Å²) in [5.41, 5.74) is 3.69. The zero-order valence-electron chi connectivity index (χ0n) is 13.2. The summed E-state index contributed by atoms with van der Waals surface area (Å²) >= 11 is 1.87. The van der Waals surface area contributed by atoms with E-state index in [1.807, 2.05) is 18.7 Å². The van der Waals surface area contributed by atoms with E-state index < -0.39 is 0 Å². The third-order valence-corrected chi connectivity index (χ3v) is 4.16. The van der Waals surface area contributed by atoms with Crippen LogP contribution in [-0.4, -0.2) is 35.1 Å². The van der Waals surface area contributed by atoms with Gasteiger partial charge in [0.05, 0.1) is 0 Å². The van der Waals surface area contributed by atoms with Crippen LogP contribution < -0.4 is 16.2 Å². The third-order valence-electron chi connectivity index (χ3n) is 3.51. The molecule has 0 fully saturated rings. The summed E-state index contributed by atoms with van der Waals surface area (Å²) in [5, 5.41) is 0. The molecule has 0 aliphatic carbocycles. The number of nitrogens with zero attached hydrogens (tertiary/aromatic N) is 3. The maximum Gasteiger partial charge on any atom is 0.148 e. The molecule has 0 aromatic carbocycles. The molecule has 0 spiro atoms. The average molecular weight is 297 g/mol. The zero-order chi connectivity index (χ0) is 15.1. The lowest BCUT2D eigenvalue weighted by Gasteiger charge is -2.28. The van der Waals surface area contributed by atoms with Gasteiger partial charge in [-0.2, -0.15) is 11.8 Å². The predicted molar refractivity (Wildman–Crippen MR) is 89.4 cm³/mol. The van der Waals surface area contributed by atoms with E-state index in [2.05, 4.69) is 42.5 Å². The Hall–Kier alpha value is -1.01. The van der Waals surface area contributed by atoms with E-state index in [0.717, 1.165) is 48.0 Å². The molecular formula is C14H27N5S. The van der Waals surface area contributed by atoms with Crippen LogP contribution in [0.15, 0.2) is 0 Å². The van der Waals surface area contributed by atoms with Gasteiger partial charge in [-0.15, -0.1) is 0 Å². The second kappa shape index (κ2) is 8.32. The largest absolute Gasteiger partial charge is 0.357 e. The first-order valence-electron chi connectivity index (χ1n) is 7.11. The van der Waals surface area contributed by atoms with Gasteiger partial charge >= 0.3 is 0 Å². The Labute approximate surface area is 126 Å². The minimum absolute atomic E-state index is 0.441. The molecule has 0 bridgehead atoms. The summed E-state index contributed by atoms with van der Waals surface area (Å²) in [4.78, 5) is 11.4. The molecule has 1 rings (SSSR count). The molecule has 114 valence electrons. The van der Waals surface area contributed by atoms with E-state index >= 15 is 0 Å². The van der Waals surface area contributed by atoms with Crippen LogP contribution in [0.2, 0.25) is 0 Å². The van der Waals surface area contributed by atoms with Gasteiger partial charge < -0.3 is 10.3 Å². The van der Waals surface area contributed by atoms with Crippen LogP contribution in [-0.2, 0) is 6.42 Å². The first-order valence-corrected chi connectivity index (χ1v) is 8.50. The number of hydrogen-bond donors (Lipinski definition) is 2. The van der Waals surface area contributed by atoms with Crippen LogP contribution in [0.3, 0.4) is 0 Å². The molecular weight excluding hydrogens is 270 g/mol. The van der Waals surface area contributed by atoms with Gasteiger partial charge in [-0.25, -0.2) is 15.8 Å². The Balaban J connectivity index is 3.04. The molecule has 1 aromatic rings. The van der Waals surface area contributed by atoms with Crippen LogP contribution in [0.1, 0.15) is 38.1 Å². The second-order valence-electron chi connectivity index (χ2n) is 5.07. The Morgan fingerprint density at radius 1 is 1.40 bits per heavy atom. The molecule has 1 aromatic heterocycles. The molecule has 1 unspecified atom stereocenters. The molecule has 0 aliphatic rings. The van der Waals surface area contributed by atoms with Crippen LogP contribution in [0.25, 0.3) is 0 Å². The monoisotopic (exact) mass is 297 g/mol. The van der Waals surface area contributed by atoms with Crippen LogP contribution in [0.4, 0.5) is 11.6 Å². The van der Waals surface area contributed by atoms with E-state index in [-0.39, 0.29) is 0 Å². The van der Waals surface area contributed by atoms with Gasteiger partial charge in [-0.1, -0.05) is 6.92 Å². The highest BCUT2D eigenvalue weighted by atomic mass is 32.2. The molecule has 0 radical (unpaired) electrons. The van der Waals surface area contributed by atoms with Gasteiger partial charge in [0.25, 0.3) is 0 Å². The maximum absolute atomic E-state index is 5.58. The van der Waals surface area contributed by atoms with Gasteiger partial charge in [0.1, 0.15) is 17.5 Å². The Kier molecular flexibility index (Phi) is 7.09. The second-order valence-corrected chi connectivity index (χ2v) is 6.06. The molecule has 5 nitrogen and oxygen atoms in total. The van der Waals surface area contributed by atoms with Gasteiger partial charge in [0, 0.05) is 25.1 Å². The van der Waals surface area contributed by atoms with Gasteiger partial charge in [0.2, 0.25) is 0 Å². The number of hydrogen-bond acceptors (Lipinski definition) is 6. The van der Waals surface area contributed by atoms with Crippen molar-refractivity contribution in [2.24, 2.45) is 5.84 Å². The van der Waals surface area contributed by atoms with E-state index in [1.165, 1.54) is 0 Å². The van der Waals surface area contributed by atoms with Crippen molar-refractivity contribution in [1.82, 2.24) is 9.97 Å². The smallest absolute Gasteiger partial charge is 0.148 e. The molecule has 3 N–H and O–H groups in total. The molecule has 0 saturated carbocycles. The van der Waals surface area contributed by atoms with Crippen LogP contribution >= 0.6 is 11.8 Å². The number of aryl methyl sites for hydroxylation is 1. The molecule has 0 amide bonds. The molecule has 20 heavy (non-hydrogen) atoms. The Morgan fingerprint density at radius 2 is 2.10 bits per heavy atom. The summed E-state index contributed by atoms with van der Waals surface area (Å²) in [6, 6.07) is 0.441. The van der Waals surface area contributed by atoms with E-state index in [4.69, 9.17) is 10.8 Å². The topological polar surface area (TPSA) is 67.1 Å². The average Bonchev–Trinajstić information content (AvgIpc) is 2.45. The third kappa shape index (κ3) is 4.24. The number of nitrogen functional groups attached to an aromatic ring is 1. The highest BCUT2D eigenvalue weighted by Crippen LogP contribution is 2.25. The van der Waals surface area contributed by atoms with Crippen molar-refractivity contribution in [3.05, 3.63) is 11.4 Å². The Morgan fingerprint density at radius 3 is 2.65 bits per heavy atom. The van der Waals surface area contributed by atoms with Crippen LogP contribution in [0.5, 0.6) is 0 Å². The highest BCUT2D eigenvalue weighted by Gasteiger charge is 2.17. The molecule has 6 heteroatoms. The predicted octanol–water partition coefficient (Wildman–Crippen LogP) is 2.60. The number of hydrazine groups is 1. The van der Waals surface area contributed by atoms with Crippen molar-refractivity contribution in [3.63, 3.8) is 0 Å². The summed E-state index contributed by atoms with van der Waals surface area (Å²) < 4.78 is 0. The maximum atomic E-state index is 5.58. The normalized spacial score (nSPS) is 12.3. The Bertz CT molecular complexity index is 424. The summed E-state index contributed by atoms with van der Waals surface area (Å²) in [7, 11) is 2.09. The number of aromatic nitrogens is 2. The molecule has 0 saturated heterocycles. The fourth-order valence-electron chi connectivity index (χ4n) is 2.06. The van der Waals surface area contributed by atoms with Crippen molar-refractivity contribution in [3.8, 4) is 0 Å². The minimum Gasteiger partial charge on any atom is -0.357 e. The van der Waals surface area contributed by atoms with Crippen molar-refractivity contribution in [2.45, 2.75) is 46.1 Å². The molecule has 0 aliphatic heterocycles. The SMILES string of the molecule is CCCc1nc(NN)c(C)c(N(C)C(C)CCSC)n1. The number of nitrogens with two attached hydrogens (primary N) is 1. The molecule has 1 atom stereocenters. The fourth-order valence-corrected chi connectivity index (χ4v) is 2.64. The highest BCUT2D eigenvalue weighted by molar-refractivity contribution is 7.98. The van der Waals surface area contributed by atoms with Gasteiger partial charge in [-0.3, -0.25) is 0 Å². The first-order chi connectivity index (χ1) is 9.54. The van der Waals surface area contributed by atoms with E-state index in [9.17, 15) is 0 Å². The number of rotatable bonds is 8. The van der Waals surface area contributed by atoms with Crippen molar-refractivity contribution in [2.75, 3.05) is 29.4 Å². The summed E-state index contributed by atoms with van der Waals surface area (Å²) in [5.74, 6) is 9.28. The lowest BCUT2D eigenvalue weighted by molar-refractivity contribution is 0.656. The lowest BCUT2D eigenvalue weighted by atomic mass is 10.2. The van der Waals surface area contributed by atoms with Gasteiger partial charge in [-0.05, 0) is 38.7 Å². The fraction of sp³-hybridized carbons (Fsp3) is 0.714. The zero-order valence-corrected chi connectivity index (χ0v) is 14.0. The van der Waals surface area contributed by atoms with Gasteiger partial charge in [0.15, 0.2) is 0 Å². The first kappa shape index (κ1) is 17.0. The van der Waals surface area contributed by atoms with Crippen molar-refractivity contribution >= 4 is 23.4 Å². The van der Waals surface area contributed by atoms with Crippen LogP contribution in [0, 0.1) is 6.92 Å². The minimum atomic E-state index is 0.441. The number of nitrogens with one attached hydrogen (secondary N) is 1. The number of anilines is 2. The molecule has 1 heterocycles. The lowest BCUT2D eigenvalue weighted by Crippen LogP contribution is -2.31. The van der Waals surface area contributed by atoms with Crippen molar-refractivity contribution < 1.29 is 0 Å².